The van der Waals surface area contributed by atoms with Gasteiger partial charge in [0.05, 0.1) is 51.1 Å². The van der Waals surface area contributed by atoms with Crippen molar-refractivity contribution in [1.29, 1.82) is 0 Å². The Morgan fingerprint density at radius 2 is 0.494 bits per heavy atom. The zero-order valence-corrected chi connectivity index (χ0v) is 46.6. The molecule has 35 atom stereocenters. The number of fused-ring (bicyclic) bond motifs is 7. The first kappa shape index (κ1) is 69.1. The van der Waals surface area contributed by atoms with E-state index in [4.69, 9.17) is 70.5 Å². The van der Waals surface area contributed by atoms with Gasteiger partial charge in [0.1, 0.15) is 165 Å². The lowest BCUT2D eigenvalue weighted by molar-refractivity contribution is -0.396. The van der Waals surface area contributed by atoms with E-state index < -0.39 is 276 Å². The summed E-state index contributed by atoms with van der Waals surface area (Å²) in [5.41, 5.74) is 0.600. The SMILES string of the molecule is Cc1ccc(S(=O)(=O)O[C@H]2[C@H]3O[C@H]4[C@H](O)[C@@H](O)[C@@H](O[C@H]5[C@H](O)[C@@H](O)[C@@H](O[C@H]6[C@H](O)[C@@H](O)[C@@H](O[C@H]7[C@H](O)[C@@H](O)[C@@H](O[C@H]8[C@H](O)[C@@H](O)[C@@H](O[C@H]9[C@H](O)[C@@H](O)[C@@H](O[C@@H]([C@@H]2O)[C@@H](CO)O3)O[C@@H]9CO)O[C@@H]8CO)O[C@@H]7CO)O[C@@H]6CO)O[C@@H]5CO)O[C@@H]4CO)cc1. The molecule has 16 rings (SSSR count). The van der Waals surface area contributed by atoms with E-state index in [2.05, 4.69) is 0 Å². The molecule has 1 aromatic carbocycles. The molecule has 20 N–H and O–H groups in total. The van der Waals surface area contributed by atoms with Crippen LogP contribution in [0.3, 0.4) is 0 Å². The minimum atomic E-state index is -5.02. The Morgan fingerprint density at radius 3 is 0.713 bits per heavy atom. The number of aliphatic hydroxyl groups is 20. The molecule has 0 unspecified atom stereocenters. The minimum absolute atomic E-state index is 0.504. The highest BCUT2D eigenvalue weighted by Crippen LogP contribution is 2.40. The highest BCUT2D eigenvalue weighted by molar-refractivity contribution is 7.86. The molecular weight excluding hydrogens is 1210 g/mol. The first-order valence-electron chi connectivity index (χ1n) is 27.6. The lowest BCUT2D eigenvalue weighted by Crippen LogP contribution is -2.68. The average Bonchev–Trinajstić information content (AvgIpc) is 1.18. The highest BCUT2D eigenvalue weighted by atomic mass is 32.2. The van der Waals surface area contributed by atoms with Crippen LogP contribution in [-0.4, -0.2) is 372 Å². The van der Waals surface area contributed by atoms with Crippen LogP contribution in [0.5, 0.6) is 0 Å². The molecule has 14 bridgehead atoms. The molecule has 0 amide bonds. The van der Waals surface area contributed by atoms with Crippen LogP contribution >= 0.6 is 0 Å². The molecule has 87 heavy (non-hydrogen) atoms. The van der Waals surface area contributed by atoms with Gasteiger partial charge in [0, 0.05) is 0 Å². The second kappa shape index (κ2) is 29.0. The predicted octanol–water partition coefficient (Wildman–Crippen LogP) is -13.5. The fourth-order valence-corrected chi connectivity index (χ4v) is 12.5. The summed E-state index contributed by atoms with van der Waals surface area (Å²) in [4.78, 5) is -0.504. The van der Waals surface area contributed by atoms with Crippen molar-refractivity contribution < 1.29 is 181 Å². The monoisotopic (exact) mass is 1290 g/mol. The predicted molar refractivity (Wildman–Crippen MR) is 266 cm³/mol. The molecule has 15 heterocycles. The van der Waals surface area contributed by atoms with Crippen LogP contribution in [0, 0.1) is 6.92 Å². The summed E-state index contributed by atoms with van der Waals surface area (Å²) in [7, 11) is -5.02. The van der Waals surface area contributed by atoms with Gasteiger partial charge in [-0.1, -0.05) is 17.7 Å². The largest absolute Gasteiger partial charge is 0.394 e. The smallest absolute Gasteiger partial charge is 0.297 e. The molecule has 15 fully saturated rings. The zero-order chi connectivity index (χ0) is 63.2. The van der Waals surface area contributed by atoms with Gasteiger partial charge in [0.25, 0.3) is 10.1 Å². The molecular formula is C49H76O37S. The molecule has 0 saturated carbocycles. The minimum Gasteiger partial charge on any atom is -0.394 e. The maximum absolute atomic E-state index is 14.0. The number of rotatable bonds is 10. The Bertz CT molecular complexity index is 2430. The Balaban J connectivity index is 1.04. The molecule has 1 aromatic rings. The normalized spacial score (nSPS) is 50.5. The Hall–Kier alpha value is -2.23. The van der Waals surface area contributed by atoms with E-state index in [1.165, 1.54) is 12.1 Å². The van der Waals surface area contributed by atoms with E-state index in [0.717, 1.165) is 12.1 Å². The molecule has 0 radical (unpaired) electrons. The Morgan fingerprint density at radius 1 is 0.299 bits per heavy atom. The highest BCUT2D eigenvalue weighted by Gasteiger charge is 2.60. The van der Waals surface area contributed by atoms with Gasteiger partial charge in [-0.3, -0.25) is 4.18 Å². The second-order valence-corrected chi connectivity index (χ2v) is 23.6. The second-order valence-electron chi connectivity index (χ2n) is 22.0. The summed E-state index contributed by atoms with van der Waals surface area (Å²) in [5, 5.41) is 223. The standard InChI is InChI=1S/C49H76O37S/c1-13-2-4-14(5-3-13)87(70,71)86-42-34(69)41-21(12-56)78-49(42)85-40-20(11-55)77-47(33(68)27(40)62)83-38-18(9-53)75-45(31(66)25(38)60)81-36-16(7-51)73-43(29(64)23(36)58)79-35-15(6-50)72-44(28(63)22(35)57)80-37-17(8-52)74-46(30(65)24(37)59)82-39-19(10-54)76-48(84-41)32(67)26(39)61/h2-5,15-69H,6-12H2,1H3/t15-,16-,17-,18-,19-,20-,21-,22-,23-,24-,25-,26-,27-,28-,29-,30-,31-,32-,33-,34+,35-,36-,37-,38-,39-,40-,41-,42-,43-,44-,45-,46-,47-,48-,49-/m1/s1. The number of hydrogen-bond donors (Lipinski definition) is 20. The number of benzene rings is 1. The van der Waals surface area contributed by atoms with E-state index in [1.807, 2.05) is 0 Å². The van der Waals surface area contributed by atoms with Crippen molar-refractivity contribution in [1.82, 2.24) is 0 Å². The van der Waals surface area contributed by atoms with Crippen molar-refractivity contribution in [3.05, 3.63) is 29.8 Å². The summed E-state index contributed by atoms with van der Waals surface area (Å²) < 4.78 is 114. The van der Waals surface area contributed by atoms with Crippen LogP contribution < -0.4 is 0 Å². The van der Waals surface area contributed by atoms with E-state index in [9.17, 15) is 111 Å². The maximum atomic E-state index is 14.0. The van der Waals surface area contributed by atoms with Crippen molar-refractivity contribution in [2.24, 2.45) is 0 Å². The summed E-state index contributed by atoms with van der Waals surface area (Å²) in [6.07, 6.45) is -73.3. The number of aliphatic hydroxyl groups excluding tert-OH is 20. The Labute approximate surface area is 492 Å². The topological polar surface area (TPSA) is 577 Å². The van der Waals surface area contributed by atoms with Crippen molar-refractivity contribution >= 4 is 10.1 Å². The molecule has 0 aromatic heterocycles. The van der Waals surface area contributed by atoms with Gasteiger partial charge in [-0.15, -0.1) is 0 Å². The molecule has 500 valence electrons. The number of ether oxygens (including phenoxy) is 14. The summed E-state index contributed by atoms with van der Waals surface area (Å²) in [6, 6.07) is 5.02. The lowest BCUT2D eigenvalue weighted by Gasteiger charge is -2.50. The first-order chi connectivity index (χ1) is 41.3. The van der Waals surface area contributed by atoms with Crippen LogP contribution in [0.4, 0.5) is 0 Å². The third-order valence-electron chi connectivity index (χ3n) is 16.3. The summed E-state index contributed by atoms with van der Waals surface area (Å²) in [5.74, 6) is 0. The van der Waals surface area contributed by atoms with E-state index >= 15 is 0 Å². The zero-order valence-electron chi connectivity index (χ0n) is 45.8. The molecule has 15 aliphatic rings. The van der Waals surface area contributed by atoms with Gasteiger partial charge < -0.3 is 168 Å². The van der Waals surface area contributed by atoms with Crippen LogP contribution in [0.2, 0.25) is 0 Å². The van der Waals surface area contributed by atoms with Crippen LogP contribution in [0.15, 0.2) is 29.2 Å². The van der Waals surface area contributed by atoms with E-state index in [0.29, 0.717) is 5.56 Å². The molecule has 0 spiro atoms. The van der Waals surface area contributed by atoms with Crippen molar-refractivity contribution in [3.63, 3.8) is 0 Å². The van der Waals surface area contributed by atoms with Gasteiger partial charge >= 0.3 is 0 Å². The number of aryl methyl sites for hydroxylation is 1. The maximum Gasteiger partial charge on any atom is 0.297 e. The van der Waals surface area contributed by atoms with Crippen molar-refractivity contribution in [2.75, 3.05) is 46.2 Å². The van der Waals surface area contributed by atoms with Crippen molar-refractivity contribution in [2.45, 2.75) is 227 Å². The number of hydrogen-bond acceptors (Lipinski definition) is 37. The van der Waals surface area contributed by atoms with Gasteiger partial charge in [-0.25, -0.2) is 0 Å². The van der Waals surface area contributed by atoms with Gasteiger partial charge in [0.2, 0.25) is 0 Å². The third kappa shape index (κ3) is 13.9. The first-order valence-corrected chi connectivity index (χ1v) is 29.0. The lowest BCUT2D eigenvalue weighted by atomic mass is 9.95. The van der Waals surface area contributed by atoms with Gasteiger partial charge in [-0.05, 0) is 19.1 Å². The van der Waals surface area contributed by atoms with Gasteiger partial charge in [-0.2, -0.15) is 8.42 Å². The molecule has 37 nitrogen and oxygen atoms in total. The molecule has 0 aliphatic carbocycles. The van der Waals surface area contributed by atoms with Crippen LogP contribution in [-0.2, 0) is 80.6 Å². The molecule has 15 saturated heterocycles. The Kier molecular flexibility index (Phi) is 23.0. The average molecular weight is 1290 g/mol. The molecule has 15 aliphatic heterocycles. The van der Waals surface area contributed by atoms with Crippen molar-refractivity contribution in [3.8, 4) is 0 Å². The summed E-state index contributed by atoms with van der Waals surface area (Å²) in [6.45, 7) is -6.12. The molecule has 38 heteroatoms. The quantitative estimate of drug-likeness (QED) is 0.0967. The van der Waals surface area contributed by atoms with E-state index in [-0.39, 0.29) is 0 Å². The van der Waals surface area contributed by atoms with Crippen LogP contribution in [0.1, 0.15) is 5.56 Å². The fraction of sp³-hybridized carbons (Fsp3) is 0.878. The fourth-order valence-electron chi connectivity index (χ4n) is 11.4. The third-order valence-corrected chi connectivity index (χ3v) is 17.6. The van der Waals surface area contributed by atoms with Gasteiger partial charge in [0.15, 0.2) is 50.1 Å². The van der Waals surface area contributed by atoms with Crippen LogP contribution in [0.25, 0.3) is 0 Å². The summed E-state index contributed by atoms with van der Waals surface area (Å²) >= 11 is 0. The van der Waals surface area contributed by atoms with E-state index in [1.54, 1.807) is 6.92 Å².